The van der Waals surface area contributed by atoms with Crippen LogP contribution in [-0.2, 0) is 0 Å². The second kappa shape index (κ2) is 7.51. The maximum atomic E-state index is 13.0. The van der Waals surface area contributed by atoms with Crippen molar-refractivity contribution in [2.24, 2.45) is 11.8 Å². The van der Waals surface area contributed by atoms with Crippen molar-refractivity contribution in [3.63, 3.8) is 0 Å². The minimum Gasteiger partial charge on any atom is -0.493 e. The summed E-state index contributed by atoms with van der Waals surface area (Å²) in [5.41, 5.74) is 2.72. The van der Waals surface area contributed by atoms with E-state index < -0.39 is 0 Å². The van der Waals surface area contributed by atoms with Gasteiger partial charge in [-0.15, -0.1) is 0 Å². The van der Waals surface area contributed by atoms with Crippen LogP contribution in [0, 0.1) is 11.8 Å². The molecule has 27 heavy (non-hydrogen) atoms. The summed E-state index contributed by atoms with van der Waals surface area (Å²) >= 11 is 0. The minimum absolute atomic E-state index is 0.0345. The van der Waals surface area contributed by atoms with Gasteiger partial charge in [-0.2, -0.15) is 0 Å². The smallest absolute Gasteiger partial charge is 0.166 e. The standard InChI is InChI=1S/C22H26O5/c1-12-13(2)22(23)16-11-20(27-6)19(26-5)10-15(16)21(12)14-7-8-17(24-3)18(9-14)25-4/h7-13,21H,1-6H3/t12-,13-,21+/m1/s1. The number of hydrogen-bond acceptors (Lipinski definition) is 5. The summed E-state index contributed by atoms with van der Waals surface area (Å²) in [5, 5.41) is 0. The van der Waals surface area contributed by atoms with Crippen LogP contribution >= 0.6 is 0 Å². The molecule has 3 atom stereocenters. The van der Waals surface area contributed by atoms with Crippen LogP contribution in [0.4, 0.5) is 0 Å². The summed E-state index contributed by atoms with van der Waals surface area (Å²) in [7, 11) is 6.43. The third-order valence-corrected chi connectivity index (χ3v) is 5.65. The molecule has 0 bridgehead atoms. The molecule has 0 heterocycles. The van der Waals surface area contributed by atoms with E-state index in [2.05, 4.69) is 6.92 Å². The third-order valence-electron chi connectivity index (χ3n) is 5.65. The lowest BCUT2D eigenvalue weighted by molar-refractivity contribution is 0.0865. The molecular weight excluding hydrogens is 344 g/mol. The fraction of sp³-hybridized carbons (Fsp3) is 0.409. The van der Waals surface area contributed by atoms with Crippen LogP contribution in [-0.4, -0.2) is 34.2 Å². The zero-order valence-electron chi connectivity index (χ0n) is 16.7. The van der Waals surface area contributed by atoms with Crippen molar-refractivity contribution >= 4 is 5.78 Å². The highest BCUT2D eigenvalue weighted by Gasteiger charge is 2.39. The van der Waals surface area contributed by atoms with Crippen LogP contribution in [0.1, 0.15) is 41.3 Å². The normalized spacial score (nSPS) is 21.4. The van der Waals surface area contributed by atoms with Gasteiger partial charge in [0.15, 0.2) is 28.8 Å². The van der Waals surface area contributed by atoms with Crippen LogP contribution in [0.2, 0.25) is 0 Å². The van der Waals surface area contributed by atoms with Crippen molar-refractivity contribution in [2.75, 3.05) is 28.4 Å². The lowest BCUT2D eigenvalue weighted by atomic mass is 9.67. The summed E-state index contributed by atoms with van der Waals surface area (Å²) < 4.78 is 21.7. The number of benzene rings is 2. The molecule has 0 spiro atoms. The van der Waals surface area contributed by atoms with Crippen molar-refractivity contribution in [2.45, 2.75) is 19.8 Å². The Labute approximate surface area is 160 Å². The van der Waals surface area contributed by atoms with E-state index in [4.69, 9.17) is 18.9 Å². The number of ether oxygens (including phenoxy) is 4. The number of fused-ring (bicyclic) bond motifs is 1. The minimum atomic E-state index is -0.103. The number of carbonyl (C=O) groups excluding carboxylic acids is 1. The average Bonchev–Trinajstić information content (AvgIpc) is 2.71. The molecular formula is C22H26O5. The van der Waals surface area contributed by atoms with Gasteiger partial charge in [0.1, 0.15) is 0 Å². The monoisotopic (exact) mass is 370 g/mol. The molecule has 5 heteroatoms. The molecule has 0 radical (unpaired) electrons. The summed E-state index contributed by atoms with van der Waals surface area (Å²) in [4.78, 5) is 13.0. The van der Waals surface area contributed by atoms with E-state index in [0.29, 0.717) is 28.6 Å². The Morgan fingerprint density at radius 1 is 0.741 bits per heavy atom. The van der Waals surface area contributed by atoms with Crippen LogP contribution in [0.5, 0.6) is 23.0 Å². The quantitative estimate of drug-likeness (QED) is 0.784. The van der Waals surface area contributed by atoms with Gasteiger partial charge in [0.2, 0.25) is 0 Å². The summed E-state index contributed by atoms with van der Waals surface area (Å²) in [6.07, 6.45) is 0. The van der Waals surface area contributed by atoms with Crippen molar-refractivity contribution < 1.29 is 23.7 Å². The number of carbonyl (C=O) groups is 1. The molecule has 0 amide bonds. The topological polar surface area (TPSA) is 54.0 Å². The van der Waals surface area contributed by atoms with Crippen molar-refractivity contribution in [1.29, 1.82) is 0 Å². The second-order valence-electron chi connectivity index (χ2n) is 6.90. The fourth-order valence-corrected chi connectivity index (χ4v) is 3.95. The van der Waals surface area contributed by atoms with E-state index >= 15 is 0 Å². The number of ketones is 1. The molecule has 2 aromatic rings. The largest absolute Gasteiger partial charge is 0.493 e. The first kappa shape index (κ1) is 19.1. The third kappa shape index (κ3) is 3.11. The second-order valence-corrected chi connectivity index (χ2v) is 6.90. The zero-order chi connectivity index (χ0) is 19.7. The molecule has 0 aliphatic heterocycles. The molecule has 0 aromatic heterocycles. The van der Waals surface area contributed by atoms with Crippen LogP contribution in [0.25, 0.3) is 0 Å². The van der Waals surface area contributed by atoms with Crippen molar-refractivity contribution in [3.8, 4) is 23.0 Å². The first-order chi connectivity index (χ1) is 13.0. The van der Waals surface area contributed by atoms with Gasteiger partial charge >= 0.3 is 0 Å². The Balaban J connectivity index is 2.22. The molecule has 1 aliphatic rings. The molecule has 1 aliphatic carbocycles. The number of Topliss-reactive ketones (excluding diaryl/α,β-unsaturated/α-hetero) is 1. The Morgan fingerprint density at radius 2 is 1.30 bits per heavy atom. The van der Waals surface area contributed by atoms with E-state index in [-0.39, 0.29) is 23.5 Å². The van der Waals surface area contributed by atoms with Gasteiger partial charge in [-0.25, -0.2) is 0 Å². The average molecular weight is 370 g/mol. The van der Waals surface area contributed by atoms with Crippen LogP contribution in [0.3, 0.4) is 0 Å². The van der Waals surface area contributed by atoms with Gasteiger partial charge in [0.25, 0.3) is 0 Å². The predicted octanol–water partition coefficient (Wildman–Crippen LogP) is 4.32. The van der Waals surface area contributed by atoms with Crippen molar-refractivity contribution in [3.05, 3.63) is 47.0 Å². The molecule has 0 saturated heterocycles. The van der Waals surface area contributed by atoms with E-state index in [9.17, 15) is 4.79 Å². The summed E-state index contributed by atoms with van der Waals surface area (Å²) in [6.45, 7) is 4.10. The number of hydrogen-bond donors (Lipinski definition) is 0. The Kier molecular flexibility index (Phi) is 5.31. The van der Waals surface area contributed by atoms with Gasteiger partial charge in [0.05, 0.1) is 28.4 Å². The molecule has 3 rings (SSSR count). The lowest BCUT2D eigenvalue weighted by Gasteiger charge is -2.36. The van der Waals surface area contributed by atoms with Crippen LogP contribution < -0.4 is 18.9 Å². The summed E-state index contributed by atoms with van der Waals surface area (Å²) in [6, 6.07) is 9.65. The molecule has 5 nitrogen and oxygen atoms in total. The van der Waals surface area contributed by atoms with Gasteiger partial charge in [-0.1, -0.05) is 19.9 Å². The number of methoxy groups -OCH3 is 4. The predicted molar refractivity (Wildman–Crippen MR) is 104 cm³/mol. The molecule has 0 saturated carbocycles. The maximum Gasteiger partial charge on any atom is 0.166 e. The number of rotatable bonds is 5. The first-order valence-corrected chi connectivity index (χ1v) is 8.98. The lowest BCUT2D eigenvalue weighted by Crippen LogP contribution is -2.32. The fourth-order valence-electron chi connectivity index (χ4n) is 3.95. The van der Waals surface area contributed by atoms with Crippen molar-refractivity contribution in [1.82, 2.24) is 0 Å². The molecule has 2 aromatic carbocycles. The van der Waals surface area contributed by atoms with E-state index in [1.807, 2.05) is 31.2 Å². The van der Waals surface area contributed by atoms with Crippen LogP contribution in [0.15, 0.2) is 30.3 Å². The van der Waals surface area contributed by atoms with E-state index in [1.54, 1.807) is 34.5 Å². The van der Waals surface area contributed by atoms with Gasteiger partial charge in [0, 0.05) is 17.4 Å². The highest BCUT2D eigenvalue weighted by Crippen LogP contribution is 2.47. The maximum absolute atomic E-state index is 13.0. The molecule has 0 fully saturated rings. The Hall–Kier alpha value is -2.69. The Morgan fingerprint density at radius 3 is 1.89 bits per heavy atom. The highest BCUT2D eigenvalue weighted by molar-refractivity contribution is 6.01. The van der Waals surface area contributed by atoms with E-state index in [0.717, 1.165) is 11.1 Å². The van der Waals surface area contributed by atoms with Gasteiger partial charge in [-0.05, 0) is 41.3 Å². The Bertz CT molecular complexity index is 858. The zero-order valence-corrected chi connectivity index (χ0v) is 16.7. The highest BCUT2D eigenvalue weighted by atomic mass is 16.5. The summed E-state index contributed by atoms with van der Waals surface area (Å²) in [5.74, 6) is 2.74. The molecule has 0 N–H and O–H groups in total. The SMILES string of the molecule is COc1ccc([C@H]2c3cc(OC)c(OC)cc3C(=O)[C@H](C)[C@H]2C)cc1OC. The molecule has 144 valence electrons. The van der Waals surface area contributed by atoms with Gasteiger partial charge < -0.3 is 18.9 Å². The molecule has 0 unspecified atom stereocenters. The van der Waals surface area contributed by atoms with E-state index in [1.165, 1.54) is 0 Å². The van der Waals surface area contributed by atoms with Gasteiger partial charge in [-0.3, -0.25) is 4.79 Å². The first-order valence-electron chi connectivity index (χ1n) is 8.98.